The van der Waals surface area contributed by atoms with Crippen molar-refractivity contribution in [1.82, 2.24) is 15.3 Å². The number of hydrogen-bond donors (Lipinski definition) is 3. The lowest BCUT2D eigenvalue weighted by Gasteiger charge is -2.16. The molecule has 3 rings (SSSR count). The van der Waals surface area contributed by atoms with Gasteiger partial charge < -0.3 is 16.0 Å². The van der Waals surface area contributed by atoms with E-state index in [2.05, 4.69) is 45.0 Å². The fourth-order valence-electron chi connectivity index (χ4n) is 3.24. The van der Waals surface area contributed by atoms with Crippen molar-refractivity contribution in [3.05, 3.63) is 77.5 Å². The average Bonchev–Trinajstić information content (AvgIpc) is 2.74. The molecule has 0 saturated heterocycles. The first-order valence-electron chi connectivity index (χ1n) is 10.3. The Balaban J connectivity index is 1.52. The molecule has 3 aromatic rings. The summed E-state index contributed by atoms with van der Waals surface area (Å²) in [6, 6.07) is 19.9. The zero-order valence-electron chi connectivity index (χ0n) is 17.8. The Morgan fingerprint density at radius 2 is 1.70 bits per heavy atom. The lowest BCUT2D eigenvalue weighted by atomic mass is 9.96. The number of carbonyl (C=O) groups excluding carboxylic acids is 1. The smallest absolute Gasteiger partial charge is 0.227 e. The van der Waals surface area contributed by atoms with E-state index in [0.29, 0.717) is 19.0 Å². The summed E-state index contributed by atoms with van der Waals surface area (Å²) < 4.78 is 0. The van der Waals surface area contributed by atoms with Crippen molar-refractivity contribution in [3.8, 4) is 0 Å². The third-order valence-electron chi connectivity index (χ3n) is 4.81. The number of anilines is 3. The Morgan fingerprint density at radius 3 is 2.40 bits per heavy atom. The van der Waals surface area contributed by atoms with Crippen molar-refractivity contribution in [3.63, 3.8) is 0 Å². The van der Waals surface area contributed by atoms with Crippen LogP contribution in [0.1, 0.15) is 36.1 Å². The SMILES string of the molecule is CCC(C(=O)NCCNc1nc(C)cc(Nc2ccc(C)cc2)n1)c1ccccc1. The molecular weight excluding hydrogens is 374 g/mol. The minimum atomic E-state index is -0.133. The maximum absolute atomic E-state index is 12.5. The predicted octanol–water partition coefficient (Wildman–Crippen LogP) is 4.56. The van der Waals surface area contributed by atoms with Gasteiger partial charge in [0.1, 0.15) is 5.82 Å². The Kier molecular flexibility index (Phi) is 7.38. The molecule has 3 N–H and O–H groups in total. The zero-order chi connectivity index (χ0) is 21.3. The molecule has 30 heavy (non-hydrogen) atoms. The second-order valence-electron chi connectivity index (χ2n) is 7.30. The second-order valence-corrected chi connectivity index (χ2v) is 7.30. The number of nitrogens with zero attached hydrogens (tertiary/aromatic N) is 2. The molecule has 0 aliphatic rings. The van der Waals surface area contributed by atoms with Crippen molar-refractivity contribution < 1.29 is 4.79 Å². The number of benzene rings is 2. The van der Waals surface area contributed by atoms with Crippen molar-refractivity contribution in [2.45, 2.75) is 33.1 Å². The summed E-state index contributed by atoms with van der Waals surface area (Å²) in [5, 5.41) is 9.50. The van der Waals surface area contributed by atoms with Crippen molar-refractivity contribution >= 4 is 23.4 Å². The van der Waals surface area contributed by atoms with Crippen LogP contribution in [0.15, 0.2) is 60.7 Å². The van der Waals surface area contributed by atoms with Crippen LogP contribution in [0.2, 0.25) is 0 Å². The molecular formula is C24H29N5O. The number of nitrogens with one attached hydrogen (secondary N) is 3. The van der Waals surface area contributed by atoms with Gasteiger partial charge >= 0.3 is 0 Å². The molecule has 156 valence electrons. The Labute approximate surface area is 178 Å². The van der Waals surface area contributed by atoms with Crippen LogP contribution >= 0.6 is 0 Å². The summed E-state index contributed by atoms with van der Waals surface area (Å²) >= 11 is 0. The molecule has 1 heterocycles. The highest BCUT2D eigenvalue weighted by Crippen LogP contribution is 2.19. The maximum Gasteiger partial charge on any atom is 0.227 e. The van der Waals surface area contributed by atoms with Gasteiger partial charge in [-0.1, -0.05) is 55.0 Å². The average molecular weight is 404 g/mol. The van der Waals surface area contributed by atoms with E-state index < -0.39 is 0 Å². The number of aryl methyl sites for hydroxylation is 2. The van der Waals surface area contributed by atoms with Gasteiger partial charge in [0.15, 0.2) is 0 Å². The van der Waals surface area contributed by atoms with Crippen LogP contribution in [0.4, 0.5) is 17.5 Å². The highest BCUT2D eigenvalue weighted by atomic mass is 16.1. The van der Waals surface area contributed by atoms with Crippen molar-refractivity contribution in [2.75, 3.05) is 23.7 Å². The van der Waals surface area contributed by atoms with Crippen molar-refractivity contribution in [2.24, 2.45) is 0 Å². The first-order chi connectivity index (χ1) is 14.5. The summed E-state index contributed by atoms with van der Waals surface area (Å²) in [5.74, 6) is 1.17. The van der Waals surface area contributed by atoms with Gasteiger partial charge in [0.05, 0.1) is 5.92 Å². The summed E-state index contributed by atoms with van der Waals surface area (Å²) in [7, 11) is 0. The summed E-state index contributed by atoms with van der Waals surface area (Å²) in [4.78, 5) is 21.5. The Morgan fingerprint density at radius 1 is 0.967 bits per heavy atom. The van der Waals surface area contributed by atoms with Gasteiger partial charge in [-0.3, -0.25) is 4.79 Å². The normalized spacial score (nSPS) is 11.6. The van der Waals surface area contributed by atoms with E-state index >= 15 is 0 Å². The van der Waals surface area contributed by atoms with E-state index in [1.807, 2.05) is 62.4 Å². The van der Waals surface area contributed by atoms with Gasteiger partial charge in [0.25, 0.3) is 0 Å². The number of amides is 1. The van der Waals surface area contributed by atoms with Gasteiger partial charge in [0.2, 0.25) is 11.9 Å². The number of hydrogen-bond acceptors (Lipinski definition) is 5. The standard InChI is InChI=1S/C24H29N5O/c1-4-21(19-8-6-5-7-9-19)23(30)25-14-15-26-24-27-18(3)16-22(29-24)28-20-12-10-17(2)11-13-20/h5-13,16,21H,4,14-15H2,1-3H3,(H,25,30)(H2,26,27,28,29). The summed E-state index contributed by atoms with van der Waals surface area (Å²) in [6.07, 6.45) is 0.762. The second kappa shape index (κ2) is 10.4. The molecule has 0 bridgehead atoms. The van der Waals surface area contributed by atoms with E-state index in [-0.39, 0.29) is 11.8 Å². The molecule has 0 saturated carbocycles. The first kappa shape index (κ1) is 21.3. The first-order valence-corrected chi connectivity index (χ1v) is 10.3. The van der Waals surface area contributed by atoms with E-state index in [1.165, 1.54) is 5.56 Å². The predicted molar refractivity (Wildman–Crippen MR) is 122 cm³/mol. The van der Waals surface area contributed by atoms with Gasteiger partial charge in [-0.2, -0.15) is 4.98 Å². The van der Waals surface area contributed by atoms with Crippen LogP contribution in [0, 0.1) is 13.8 Å². The molecule has 1 atom stereocenters. The minimum absolute atomic E-state index is 0.0392. The third kappa shape index (κ3) is 6.04. The molecule has 6 nitrogen and oxygen atoms in total. The fourth-order valence-corrected chi connectivity index (χ4v) is 3.24. The topological polar surface area (TPSA) is 78.9 Å². The maximum atomic E-state index is 12.5. The molecule has 0 aliphatic carbocycles. The number of carbonyl (C=O) groups is 1. The molecule has 0 aliphatic heterocycles. The van der Waals surface area contributed by atoms with Gasteiger partial charge in [-0.05, 0) is 38.0 Å². The molecule has 0 radical (unpaired) electrons. The van der Waals surface area contributed by atoms with Crippen LogP contribution in [0.5, 0.6) is 0 Å². The van der Waals surface area contributed by atoms with Gasteiger partial charge in [-0.15, -0.1) is 0 Å². The van der Waals surface area contributed by atoms with Crippen LogP contribution in [0.3, 0.4) is 0 Å². The van der Waals surface area contributed by atoms with Gasteiger partial charge in [0, 0.05) is 30.5 Å². The Hall–Kier alpha value is -3.41. The van der Waals surface area contributed by atoms with Crippen LogP contribution in [0.25, 0.3) is 0 Å². The van der Waals surface area contributed by atoms with Crippen LogP contribution < -0.4 is 16.0 Å². The highest BCUT2D eigenvalue weighted by Gasteiger charge is 2.17. The largest absolute Gasteiger partial charge is 0.354 e. The molecule has 1 aromatic heterocycles. The molecule has 6 heteroatoms. The number of rotatable bonds is 9. The lowest BCUT2D eigenvalue weighted by molar-refractivity contribution is -0.122. The zero-order valence-corrected chi connectivity index (χ0v) is 17.8. The lowest BCUT2D eigenvalue weighted by Crippen LogP contribution is -2.33. The van der Waals surface area contributed by atoms with Crippen molar-refractivity contribution in [1.29, 1.82) is 0 Å². The quantitative estimate of drug-likeness (QED) is 0.457. The van der Waals surface area contributed by atoms with Crippen LogP contribution in [-0.4, -0.2) is 29.0 Å². The fraction of sp³-hybridized carbons (Fsp3) is 0.292. The van der Waals surface area contributed by atoms with E-state index in [0.717, 1.165) is 29.2 Å². The summed E-state index contributed by atoms with van der Waals surface area (Å²) in [6.45, 7) is 7.06. The Bertz CT molecular complexity index is 957. The van der Waals surface area contributed by atoms with Gasteiger partial charge in [-0.25, -0.2) is 4.98 Å². The van der Waals surface area contributed by atoms with Crippen LogP contribution in [-0.2, 0) is 4.79 Å². The van der Waals surface area contributed by atoms with E-state index in [9.17, 15) is 4.79 Å². The molecule has 1 unspecified atom stereocenters. The monoisotopic (exact) mass is 403 g/mol. The third-order valence-corrected chi connectivity index (χ3v) is 4.81. The highest BCUT2D eigenvalue weighted by molar-refractivity contribution is 5.83. The molecule has 0 fully saturated rings. The van der Waals surface area contributed by atoms with E-state index in [1.54, 1.807) is 0 Å². The van der Waals surface area contributed by atoms with E-state index in [4.69, 9.17) is 0 Å². The molecule has 0 spiro atoms. The number of aromatic nitrogens is 2. The summed E-state index contributed by atoms with van der Waals surface area (Å²) in [5.41, 5.74) is 4.09. The minimum Gasteiger partial charge on any atom is -0.354 e. The molecule has 2 aromatic carbocycles. The molecule has 1 amide bonds.